The lowest BCUT2D eigenvalue weighted by molar-refractivity contribution is 0.140. The molecule has 0 saturated heterocycles. The Morgan fingerprint density at radius 1 is 0.909 bits per heavy atom. The lowest BCUT2D eigenvalue weighted by Crippen LogP contribution is -2.37. The highest BCUT2D eigenvalue weighted by molar-refractivity contribution is 7.89. The molecule has 8 nitrogen and oxygen atoms in total. The molecule has 3 aromatic carbocycles. The number of sulfonamides is 1. The molecule has 0 spiro atoms. The van der Waals surface area contributed by atoms with Crippen LogP contribution in [0.15, 0.2) is 91.0 Å². The molecule has 2 unspecified atom stereocenters. The number of carbonyl (C=O) groups excluding carboxylic acids is 1. The molecule has 3 aromatic rings. The van der Waals surface area contributed by atoms with Gasteiger partial charge in [0.25, 0.3) is 7.37 Å². The molecule has 1 amide bonds. The van der Waals surface area contributed by atoms with Crippen LogP contribution in [0.25, 0.3) is 0 Å². The van der Waals surface area contributed by atoms with Gasteiger partial charge in [-0.05, 0) is 23.3 Å². The van der Waals surface area contributed by atoms with Gasteiger partial charge in [-0.15, -0.1) is 0 Å². The summed E-state index contributed by atoms with van der Waals surface area (Å²) in [5, 5.41) is 2.51. The van der Waals surface area contributed by atoms with Crippen LogP contribution in [0, 0.1) is 0 Å². The minimum Gasteiger partial charge on any atom is -0.445 e. The Morgan fingerprint density at radius 2 is 1.45 bits per heavy atom. The fraction of sp³-hybridized carbons (Fsp3) is 0.174. The summed E-state index contributed by atoms with van der Waals surface area (Å²) in [5.74, 6) is -1.87. The highest BCUT2D eigenvalue weighted by Crippen LogP contribution is 2.53. The van der Waals surface area contributed by atoms with Crippen LogP contribution in [0.2, 0.25) is 0 Å². The Kier molecular flexibility index (Phi) is 8.41. The lowest BCUT2D eigenvalue weighted by Gasteiger charge is -2.25. The topological polar surface area (TPSA) is 122 Å². The van der Waals surface area contributed by atoms with Crippen molar-refractivity contribution in [3.63, 3.8) is 0 Å². The monoisotopic (exact) mass is 488 g/mol. The van der Waals surface area contributed by atoms with E-state index in [-0.39, 0.29) is 18.5 Å². The summed E-state index contributed by atoms with van der Waals surface area (Å²) in [6.07, 6.45) is -0.759. The van der Waals surface area contributed by atoms with Crippen molar-refractivity contribution in [3.8, 4) is 0 Å². The molecule has 0 aliphatic carbocycles. The number of rotatable bonds is 10. The molecule has 174 valence electrons. The van der Waals surface area contributed by atoms with E-state index in [0.717, 1.165) is 5.56 Å². The number of hydrogen-bond acceptors (Lipinski definition) is 5. The van der Waals surface area contributed by atoms with E-state index in [1.807, 2.05) is 18.2 Å². The first-order valence-corrected chi connectivity index (χ1v) is 13.5. The van der Waals surface area contributed by atoms with Crippen molar-refractivity contribution in [2.75, 3.05) is 12.3 Å². The Labute approximate surface area is 193 Å². The molecule has 0 aromatic heterocycles. The molecular formula is C23H25N2O6PS. The minimum atomic E-state index is -4.17. The molecule has 0 saturated carbocycles. The number of benzene rings is 3. The average molecular weight is 489 g/mol. The summed E-state index contributed by atoms with van der Waals surface area (Å²) in [5.41, 5.74) is 1.15. The van der Waals surface area contributed by atoms with Crippen molar-refractivity contribution in [2.24, 2.45) is 0 Å². The van der Waals surface area contributed by atoms with Crippen LogP contribution in [-0.4, -0.2) is 31.7 Å². The van der Waals surface area contributed by atoms with Gasteiger partial charge in [-0.3, -0.25) is 4.57 Å². The van der Waals surface area contributed by atoms with Crippen LogP contribution < -0.4 is 15.3 Å². The Bertz CT molecular complexity index is 1190. The zero-order valence-corrected chi connectivity index (χ0v) is 19.4. The largest absolute Gasteiger partial charge is 0.445 e. The lowest BCUT2D eigenvalue weighted by atomic mass is 10.2. The molecule has 3 rings (SSSR count). The summed E-state index contributed by atoms with van der Waals surface area (Å²) >= 11 is 0. The molecular weight excluding hydrogens is 463 g/mol. The molecule has 3 N–H and O–H groups in total. The summed E-state index contributed by atoms with van der Waals surface area (Å²) < 4.78 is 46.2. The zero-order chi connectivity index (χ0) is 23.7. The van der Waals surface area contributed by atoms with Crippen LogP contribution in [0.5, 0.6) is 0 Å². The third-order valence-corrected chi connectivity index (χ3v) is 8.41. The van der Waals surface area contributed by atoms with E-state index in [1.54, 1.807) is 60.7 Å². The van der Waals surface area contributed by atoms with Gasteiger partial charge in [0.15, 0.2) is 0 Å². The first kappa shape index (κ1) is 24.7. The van der Waals surface area contributed by atoms with Crippen molar-refractivity contribution < 1.29 is 27.4 Å². The maximum Gasteiger partial charge on any atom is 0.407 e. The molecule has 0 bridgehead atoms. The summed E-state index contributed by atoms with van der Waals surface area (Å²) in [6.45, 7) is -0.177. The van der Waals surface area contributed by atoms with Crippen LogP contribution in [-0.2, 0) is 25.9 Å². The van der Waals surface area contributed by atoms with Gasteiger partial charge in [0.2, 0.25) is 10.0 Å². The Hall–Kier alpha value is -2.97. The second-order valence-electron chi connectivity index (χ2n) is 7.20. The first-order valence-electron chi connectivity index (χ1n) is 10.2. The SMILES string of the molecule is O=C(NCCS(=O)(=O)NC(c1ccccc1)P(=O)(O)c1ccccc1)OCc1ccccc1. The number of hydrogen-bond donors (Lipinski definition) is 3. The van der Waals surface area contributed by atoms with Gasteiger partial charge in [-0.2, -0.15) is 4.72 Å². The Morgan fingerprint density at radius 3 is 2.06 bits per heavy atom. The first-order chi connectivity index (χ1) is 15.8. The number of alkyl carbamates (subject to hydrolysis) is 1. The van der Waals surface area contributed by atoms with Gasteiger partial charge in [0.05, 0.1) is 5.75 Å². The third kappa shape index (κ3) is 7.27. The quantitative estimate of drug-likeness (QED) is 0.377. The molecule has 0 radical (unpaired) electrons. The van der Waals surface area contributed by atoms with Crippen LogP contribution >= 0.6 is 7.37 Å². The fourth-order valence-corrected chi connectivity index (χ4v) is 6.55. The van der Waals surface area contributed by atoms with E-state index < -0.39 is 35.0 Å². The second-order valence-corrected chi connectivity index (χ2v) is 11.3. The van der Waals surface area contributed by atoms with E-state index in [2.05, 4.69) is 10.0 Å². The molecule has 0 heterocycles. The highest BCUT2D eigenvalue weighted by Gasteiger charge is 2.37. The van der Waals surface area contributed by atoms with Gasteiger partial charge in [0, 0.05) is 11.8 Å². The normalized spacial score (nSPS) is 14.1. The smallest absolute Gasteiger partial charge is 0.407 e. The maximum atomic E-state index is 13.3. The number of nitrogens with one attached hydrogen (secondary N) is 2. The van der Waals surface area contributed by atoms with Crippen molar-refractivity contribution in [1.29, 1.82) is 0 Å². The summed E-state index contributed by atoms with van der Waals surface area (Å²) in [4.78, 5) is 22.8. The van der Waals surface area contributed by atoms with Crippen molar-refractivity contribution in [2.45, 2.75) is 12.4 Å². The maximum absolute atomic E-state index is 13.3. The molecule has 0 aliphatic rings. The molecule has 10 heteroatoms. The third-order valence-electron chi connectivity index (χ3n) is 4.74. The Balaban J connectivity index is 1.64. The number of ether oxygens (including phenoxy) is 1. The average Bonchev–Trinajstić information content (AvgIpc) is 2.83. The predicted molar refractivity (Wildman–Crippen MR) is 127 cm³/mol. The van der Waals surface area contributed by atoms with Crippen LogP contribution in [0.4, 0.5) is 4.79 Å². The predicted octanol–water partition coefficient (Wildman–Crippen LogP) is 3.13. The van der Waals surface area contributed by atoms with E-state index in [0.29, 0.717) is 5.56 Å². The minimum absolute atomic E-state index is 0.0541. The zero-order valence-electron chi connectivity index (χ0n) is 17.7. The highest BCUT2D eigenvalue weighted by atomic mass is 32.2. The fourth-order valence-electron chi connectivity index (χ4n) is 3.06. The van der Waals surface area contributed by atoms with Crippen molar-refractivity contribution >= 4 is 28.8 Å². The van der Waals surface area contributed by atoms with Gasteiger partial charge in [0.1, 0.15) is 12.4 Å². The van der Waals surface area contributed by atoms with Gasteiger partial charge in [-0.1, -0.05) is 78.9 Å². The van der Waals surface area contributed by atoms with Crippen LogP contribution in [0.3, 0.4) is 0 Å². The van der Waals surface area contributed by atoms with Gasteiger partial charge in [-0.25, -0.2) is 13.2 Å². The number of amides is 1. The van der Waals surface area contributed by atoms with Crippen molar-refractivity contribution in [1.82, 2.24) is 10.0 Å². The van der Waals surface area contributed by atoms with Crippen LogP contribution in [0.1, 0.15) is 16.9 Å². The van der Waals surface area contributed by atoms with E-state index in [4.69, 9.17) is 4.74 Å². The molecule has 2 atom stereocenters. The summed E-state index contributed by atoms with van der Waals surface area (Å²) in [6, 6.07) is 25.2. The second kappa shape index (κ2) is 11.2. The molecule has 33 heavy (non-hydrogen) atoms. The number of carbonyl (C=O) groups is 1. The molecule has 0 fully saturated rings. The summed E-state index contributed by atoms with van der Waals surface area (Å²) in [7, 11) is -8.21. The van der Waals surface area contributed by atoms with Gasteiger partial charge < -0.3 is 14.9 Å². The standard InChI is InChI=1S/C23H25N2O6PS/c26-23(31-18-19-10-4-1-5-11-19)24-16-17-33(29,30)25-22(20-12-6-2-7-13-20)32(27,28)21-14-8-3-9-15-21/h1-15,22,25H,16-18H2,(H,24,26)(H,27,28). The van der Waals surface area contributed by atoms with E-state index in [1.165, 1.54) is 12.1 Å². The van der Waals surface area contributed by atoms with E-state index in [9.17, 15) is 22.7 Å². The van der Waals surface area contributed by atoms with Gasteiger partial charge >= 0.3 is 6.09 Å². The van der Waals surface area contributed by atoms with E-state index >= 15 is 0 Å². The van der Waals surface area contributed by atoms with Crippen molar-refractivity contribution in [3.05, 3.63) is 102 Å². The molecule has 0 aliphatic heterocycles.